The smallest absolute Gasteiger partial charge is 0.229 e. The van der Waals surface area contributed by atoms with Crippen molar-refractivity contribution in [2.45, 2.75) is 19.1 Å². The Hall–Kier alpha value is -1.39. The van der Waals surface area contributed by atoms with Gasteiger partial charge in [0.25, 0.3) is 0 Å². The highest BCUT2D eigenvalue weighted by molar-refractivity contribution is 5.96. The van der Waals surface area contributed by atoms with Crippen LogP contribution in [0.4, 0.5) is 5.69 Å². The third kappa shape index (κ3) is 2.23. The zero-order valence-corrected chi connectivity index (χ0v) is 9.22. The van der Waals surface area contributed by atoms with Crippen molar-refractivity contribution < 1.29 is 14.6 Å². The first-order chi connectivity index (χ1) is 7.70. The van der Waals surface area contributed by atoms with Gasteiger partial charge in [0.15, 0.2) is 0 Å². The molecule has 1 heterocycles. The Morgan fingerprint density at radius 2 is 2.12 bits per heavy atom. The lowest BCUT2D eigenvalue weighted by molar-refractivity contribution is -0.117. The second-order valence-corrected chi connectivity index (χ2v) is 3.96. The lowest BCUT2D eigenvalue weighted by Gasteiger charge is -2.16. The summed E-state index contributed by atoms with van der Waals surface area (Å²) in [7, 11) is 1.65. The molecule has 0 bridgehead atoms. The van der Waals surface area contributed by atoms with Gasteiger partial charge >= 0.3 is 0 Å². The number of ether oxygens (including phenoxy) is 1. The van der Waals surface area contributed by atoms with Gasteiger partial charge in [0.05, 0.1) is 25.7 Å². The minimum atomic E-state index is -0.536. The van der Waals surface area contributed by atoms with E-state index in [2.05, 4.69) is 0 Å². The van der Waals surface area contributed by atoms with E-state index >= 15 is 0 Å². The Morgan fingerprint density at radius 1 is 1.44 bits per heavy atom. The molecule has 86 valence electrons. The Kier molecular flexibility index (Phi) is 3.22. The summed E-state index contributed by atoms with van der Waals surface area (Å²) in [4.78, 5) is 13.1. The molecular formula is C12H15NO3. The van der Waals surface area contributed by atoms with Crippen LogP contribution < -0.4 is 4.90 Å². The van der Waals surface area contributed by atoms with Gasteiger partial charge in [0.1, 0.15) is 0 Å². The fourth-order valence-corrected chi connectivity index (χ4v) is 1.88. The van der Waals surface area contributed by atoms with E-state index in [0.717, 1.165) is 11.3 Å². The van der Waals surface area contributed by atoms with Crippen LogP contribution in [0, 0.1) is 0 Å². The molecule has 1 aliphatic rings. The number of aliphatic hydroxyl groups excluding tert-OH is 1. The first kappa shape index (κ1) is 11.1. The number of hydrogen-bond acceptors (Lipinski definition) is 3. The van der Waals surface area contributed by atoms with Gasteiger partial charge in [-0.2, -0.15) is 0 Å². The van der Waals surface area contributed by atoms with Crippen molar-refractivity contribution in [3.63, 3.8) is 0 Å². The van der Waals surface area contributed by atoms with Crippen LogP contribution >= 0.6 is 0 Å². The maximum absolute atomic E-state index is 11.5. The zero-order valence-electron chi connectivity index (χ0n) is 9.22. The second-order valence-electron chi connectivity index (χ2n) is 3.96. The van der Waals surface area contributed by atoms with Crippen LogP contribution in [0.2, 0.25) is 0 Å². The lowest BCUT2D eigenvalue weighted by Crippen LogP contribution is -2.25. The van der Waals surface area contributed by atoms with Gasteiger partial charge in [0.2, 0.25) is 5.91 Å². The number of carbonyl (C=O) groups is 1. The van der Waals surface area contributed by atoms with Gasteiger partial charge in [-0.1, -0.05) is 12.1 Å². The van der Waals surface area contributed by atoms with Crippen LogP contribution in [0.5, 0.6) is 0 Å². The summed E-state index contributed by atoms with van der Waals surface area (Å²) in [6.07, 6.45) is -0.314. The Morgan fingerprint density at radius 3 is 2.62 bits per heavy atom. The van der Waals surface area contributed by atoms with E-state index in [1.54, 1.807) is 12.0 Å². The van der Waals surface area contributed by atoms with Gasteiger partial charge in [-0.25, -0.2) is 0 Å². The minimum absolute atomic E-state index is 0.0213. The van der Waals surface area contributed by atoms with Gasteiger partial charge < -0.3 is 14.7 Å². The zero-order chi connectivity index (χ0) is 11.5. The molecule has 4 heteroatoms. The summed E-state index contributed by atoms with van der Waals surface area (Å²) in [5.41, 5.74) is 1.90. The van der Waals surface area contributed by atoms with Crippen LogP contribution in [0.15, 0.2) is 24.3 Å². The largest absolute Gasteiger partial charge is 0.391 e. The number of amides is 1. The normalized spacial score (nSPS) is 20.5. The predicted molar refractivity (Wildman–Crippen MR) is 60.1 cm³/mol. The maximum atomic E-state index is 11.5. The van der Waals surface area contributed by atoms with Crippen molar-refractivity contribution in [3.8, 4) is 0 Å². The average molecular weight is 221 g/mol. The summed E-state index contributed by atoms with van der Waals surface area (Å²) in [5.74, 6) is -0.0213. The van der Waals surface area contributed by atoms with E-state index in [1.165, 1.54) is 0 Å². The standard InChI is InChI=1S/C12H15NO3/c1-16-8-9-2-4-10(5-3-9)13-7-11(14)6-12(13)15/h2-5,11,14H,6-8H2,1H3. The predicted octanol–water partition coefficient (Wildman–Crippen LogP) is 0.931. The van der Waals surface area contributed by atoms with E-state index in [4.69, 9.17) is 4.74 Å². The van der Waals surface area contributed by atoms with E-state index in [1.807, 2.05) is 24.3 Å². The third-order valence-electron chi connectivity index (χ3n) is 2.66. The van der Waals surface area contributed by atoms with Crippen LogP contribution in [0.25, 0.3) is 0 Å². The Balaban J connectivity index is 2.12. The molecule has 16 heavy (non-hydrogen) atoms. The number of β-amino-alcohol motifs (C(OH)–C–C–N with tert-alkyl or cyclic N) is 1. The molecule has 2 rings (SSSR count). The molecule has 1 aromatic rings. The number of aliphatic hydroxyl groups is 1. The van der Waals surface area contributed by atoms with E-state index in [-0.39, 0.29) is 12.3 Å². The number of benzene rings is 1. The summed E-state index contributed by atoms with van der Waals surface area (Å²) >= 11 is 0. The fraction of sp³-hybridized carbons (Fsp3) is 0.417. The summed E-state index contributed by atoms with van der Waals surface area (Å²) in [6, 6.07) is 7.61. The number of rotatable bonds is 3. The molecule has 0 saturated carbocycles. The molecular weight excluding hydrogens is 206 g/mol. The number of methoxy groups -OCH3 is 1. The van der Waals surface area contributed by atoms with Crippen LogP contribution in [0.1, 0.15) is 12.0 Å². The average Bonchev–Trinajstić information content (AvgIpc) is 2.59. The molecule has 1 saturated heterocycles. The molecule has 0 spiro atoms. The van der Waals surface area contributed by atoms with Crippen molar-refractivity contribution >= 4 is 11.6 Å². The summed E-state index contributed by atoms with van der Waals surface area (Å²) in [5, 5.41) is 9.39. The molecule has 1 unspecified atom stereocenters. The maximum Gasteiger partial charge on any atom is 0.229 e. The molecule has 1 N–H and O–H groups in total. The summed E-state index contributed by atoms with van der Waals surface area (Å²) in [6.45, 7) is 0.958. The number of anilines is 1. The van der Waals surface area contributed by atoms with Crippen LogP contribution in [0.3, 0.4) is 0 Å². The number of carbonyl (C=O) groups excluding carboxylic acids is 1. The first-order valence-corrected chi connectivity index (χ1v) is 5.27. The van der Waals surface area contributed by atoms with Crippen molar-refractivity contribution in [3.05, 3.63) is 29.8 Å². The van der Waals surface area contributed by atoms with Gasteiger partial charge in [-0.3, -0.25) is 4.79 Å². The SMILES string of the molecule is COCc1ccc(N2CC(O)CC2=O)cc1. The lowest BCUT2D eigenvalue weighted by atomic mass is 10.2. The second kappa shape index (κ2) is 4.63. The van der Waals surface area contributed by atoms with Crippen molar-refractivity contribution in [1.82, 2.24) is 0 Å². The van der Waals surface area contributed by atoms with Crippen LogP contribution in [-0.4, -0.2) is 30.8 Å². The quantitative estimate of drug-likeness (QED) is 0.826. The van der Waals surface area contributed by atoms with Gasteiger partial charge in [-0.05, 0) is 17.7 Å². The third-order valence-corrected chi connectivity index (χ3v) is 2.66. The van der Waals surface area contributed by atoms with Gasteiger partial charge in [0, 0.05) is 12.8 Å². The summed E-state index contributed by atoms with van der Waals surface area (Å²) < 4.78 is 5.01. The van der Waals surface area contributed by atoms with E-state index in [0.29, 0.717) is 13.2 Å². The highest BCUT2D eigenvalue weighted by atomic mass is 16.5. The molecule has 0 radical (unpaired) electrons. The molecule has 1 aromatic carbocycles. The first-order valence-electron chi connectivity index (χ1n) is 5.27. The molecule has 0 aromatic heterocycles. The molecule has 0 aliphatic carbocycles. The Bertz CT molecular complexity index is 374. The molecule has 4 nitrogen and oxygen atoms in total. The van der Waals surface area contributed by atoms with E-state index < -0.39 is 6.10 Å². The highest BCUT2D eigenvalue weighted by Gasteiger charge is 2.28. The number of hydrogen-bond donors (Lipinski definition) is 1. The Labute approximate surface area is 94.4 Å². The van der Waals surface area contributed by atoms with E-state index in [9.17, 15) is 9.90 Å². The highest BCUT2D eigenvalue weighted by Crippen LogP contribution is 2.22. The monoisotopic (exact) mass is 221 g/mol. The number of nitrogens with zero attached hydrogens (tertiary/aromatic N) is 1. The van der Waals surface area contributed by atoms with Crippen molar-refractivity contribution in [2.75, 3.05) is 18.6 Å². The van der Waals surface area contributed by atoms with Crippen molar-refractivity contribution in [1.29, 1.82) is 0 Å². The minimum Gasteiger partial charge on any atom is -0.391 e. The van der Waals surface area contributed by atoms with Crippen LogP contribution in [-0.2, 0) is 16.1 Å². The topological polar surface area (TPSA) is 49.8 Å². The molecule has 1 atom stereocenters. The van der Waals surface area contributed by atoms with Crippen molar-refractivity contribution in [2.24, 2.45) is 0 Å². The molecule has 1 fully saturated rings. The molecule has 1 amide bonds. The molecule has 1 aliphatic heterocycles. The van der Waals surface area contributed by atoms with Gasteiger partial charge in [-0.15, -0.1) is 0 Å². The fourth-order valence-electron chi connectivity index (χ4n) is 1.88.